The summed E-state index contributed by atoms with van der Waals surface area (Å²) in [5.74, 6) is -0.345. The van der Waals surface area contributed by atoms with Crippen LogP contribution in [0.3, 0.4) is 0 Å². The monoisotopic (exact) mass is 353 g/mol. The number of benzene rings is 1. The predicted molar refractivity (Wildman–Crippen MR) is 96.6 cm³/mol. The van der Waals surface area contributed by atoms with Crippen molar-refractivity contribution in [1.82, 2.24) is 25.3 Å². The molecule has 7 nitrogen and oxygen atoms in total. The van der Waals surface area contributed by atoms with Crippen molar-refractivity contribution in [3.63, 3.8) is 0 Å². The van der Waals surface area contributed by atoms with Crippen molar-refractivity contribution in [2.75, 3.05) is 26.2 Å². The number of hydrogen-bond donors (Lipinski definition) is 2. The van der Waals surface area contributed by atoms with Crippen molar-refractivity contribution in [2.45, 2.75) is 24.9 Å². The van der Waals surface area contributed by atoms with Gasteiger partial charge in [-0.1, -0.05) is 30.3 Å². The van der Waals surface area contributed by atoms with Crippen molar-refractivity contribution in [3.05, 3.63) is 53.9 Å². The van der Waals surface area contributed by atoms with Gasteiger partial charge in [0.2, 0.25) is 5.91 Å². The third-order valence-electron chi connectivity index (χ3n) is 5.06. The maximum Gasteiger partial charge on any atom is 0.275 e. The fourth-order valence-electron chi connectivity index (χ4n) is 3.71. The highest BCUT2D eigenvalue weighted by atomic mass is 16.2. The summed E-state index contributed by atoms with van der Waals surface area (Å²) in [6, 6.07) is 10.8. The maximum atomic E-state index is 13.1. The standard InChI is InChI=1S/C19H23N5O2/c25-18-17(14-5-2-1-3-6-14)23(12-10-21-18)19(26)16-8-11-24(22-16)15-7-4-9-20-13-15/h1-3,5-6,8,11,15,17,20H,4,7,9-10,12-13H2,(H,21,25). The Balaban J connectivity index is 1.57. The zero-order valence-corrected chi connectivity index (χ0v) is 14.6. The number of rotatable bonds is 3. The lowest BCUT2D eigenvalue weighted by atomic mass is 10.0. The van der Waals surface area contributed by atoms with Crippen LogP contribution in [0.1, 0.15) is 41.0 Å². The molecular weight excluding hydrogens is 330 g/mol. The van der Waals surface area contributed by atoms with Gasteiger partial charge in [0.25, 0.3) is 5.91 Å². The summed E-state index contributed by atoms with van der Waals surface area (Å²) in [7, 11) is 0. The lowest BCUT2D eigenvalue weighted by Gasteiger charge is -2.34. The van der Waals surface area contributed by atoms with Gasteiger partial charge in [0.15, 0.2) is 0 Å². The SMILES string of the molecule is O=C1NCCN(C(=O)c2ccn(C3CCCNC3)n2)C1c1ccccc1. The minimum atomic E-state index is -0.612. The van der Waals surface area contributed by atoms with E-state index in [1.165, 1.54) is 0 Å². The van der Waals surface area contributed by atoms with E-state index in [1.807, 2.05) is 41.2 Å². The summed E-state index contributed by atoms with van der Waals surface area (Å²) in [5.41, 5.74) is 1.21. The molecule has 1 aromatic carbocycles. The van der Waals surface area contributed by atoms with E-state index in [1.54, 1.807) is 11.0 Å². The second-order valence-electron chi connectivity index (χ2n) is 6.78. The molecule has 7 heteroatoms. The van der Waals surface area contributed by atoms with Gasteiger partial charge >= 0.3 is 0 Å². The molecule has 0 aliphatic carbocycles. The first-order chi connectivity index (χ1) is 12.7. The molecule has 2 aliphatic heterocycles. The first-order valence-electron chi connectivity index (χ1n) is 9.13. The molecule has 136 valence electrons. The number of amides is 2. The molecule has 26 heavy (non-hydrogen) atoms. The van der Waals surface area contributed by atoms with Crippen LogP contribution in [0.15, 0.2) is 42.6 Å². The van der Waals surface area contributed by atoms with Crippen LogP contribution in [0.25, 0.3) is 0 Å². The molecule has 0 bridgehead atoms. The van der Waals surface area contributed by atoms with Crippen LogP contribution in [0, 0.1) is 0 Å². The summed E-state index contributed by atoms with van der Waals surface area (Å²) >= 11 is 0. The Labute approximate surface area is 152 Å². The average molecular weight is 353 g/mol. The van der Waals surface area contributed by atoms with Crippen molar-refractivity contribution in [2.24, 2.45) is 0 Å². The molecular formula is C19H23N5O2. The highest BCUT2D eigenvalue weighted by Crippen LogP contribution is 2.25. The number of aromatic nitrogens is 2. The molecule has 0 saturated carbocycles. The Kier molecular flexibility index (Phi) is 4.71. The summed E-state index contributed by atoms with van der Waals surface area (Å²) in [6.45, 7) is 2.84. The number of hydrogen-bond acceptors (Lipinski definition) is 4. The molecule has 2 atom stereocenters. The number of piperazine rings is 1. The fraction of sp³-hybridized carbons (Fsp3) is 0.421. The number of nitrogens with zero attached hydrogens (tertiary/aromatic N) is 3. The van der Waals surface area contributed by atoms with Crippen molar-refractivity contribution < 1.29 is 9.59 Å². The van der Waals surface area contributed by atoms with E-state index in [2.05, 4.69) is 15.7 Å². The Morgan fingerprint density at radius 1 is 1.15 bits per heavy atom. The Morgan fingerprint density at radius 3 is 2.77 bits per heavy atom. The van der Waals surface area contributed by atoms with Gasteiger partial charge in [0.05, 0.1) is 6.04 Å². The first kappa shape index (κ1) is 16.8. The molecule has 2 amide bonds. The van der Waals surface area contributed by atoms with Crippen LogP contribution < -0.4 is 10.6 Å². The van der Waals surface area contributed by atoms with Gasteiger partial charge in [-0.15, -0.1) is 0 Å². The van der Waals surface area contributed by atoms with Crippen molar-refractivity contribution >= 4 is 11.8 Å². The van der Waals surface area contributed by atoms with E-state index < -0.39 is 6.04 Å². The Morgan fingerprint density at radius 2 is 2.00 bits per heavy atom. The molecule has 4 rings (SSSR count). The van der Waals surface area contributed by atoms with Crippen LogP contribution in [-0.4, -0.2) is 52.7 Å². The minimum Gasteiger partial charge on any atom is -0.352 e. The second kappa shape index (κ2) is 7.29. The lowest BCUT2D eigenvalue weighted by molar-refractivity contribution is -0.128. The zero-order valence-electron chi connectivity index (χ0n) is 14.6. The number of nitrogens with one attached hydrogen (secondary N) is 2. The van der Waals surface area contributed by atoms with Crippen LogP contribution >= 0.6 is 0 Å². The van der Waals surface area contributed by atoms with Gasteiger partial charge in [0, 0.05) is 25.8 Å². The normalized spacial score (nSPS) is 23.5. The fourth-order valence-corrected chi connectivity index (χ4v) is 3.71. The van der Waals surface area contributed by atoms with Crippen LogP contribution in [0.2, 0.25) is 0 Å². The molecule has 0 radical (unpaired) electrons. The predicted octanol–water partition coefficient (Wildman–Crippen LogP) is 1.12. The van der Waals surface area contributed by atoms with Gasteiger partial charge in [-0.3, -0.25) is 14.3 Å². The van der Waals surface area contributed by atoms with Gasteiger partial charge in [-0.2, -0.15) is 5.10 Å². The van der Waals surface area contributed by atoms with E-state index in [0.29, 0.717) is 18.8 Å². The van der Waals surface area contributed by atoms with E-state index in [4.69, 9.17) is 0 Å². The van der Waals surface area contributed by atoms with E-state index in [0.717, 1.165) is 31.5 Å². The van der Waals surface area contributed by atoms with Gasteiger partial charge in [-0.25, -0.2) is 0 Å². The average Bonchev–Trinajstić information content (AvgIpc) is 3.19. The number of carbonyl (C=O) groups is 2. The lowest BCUT2D eigenvalue weighted by Crippen LogP contribution is -2.52. The highest BCUT2D eigenvalue weighted by Gasteiger charge is 2.35. The highest BCUT2D eigenvalue weighted by molar-refractivity contribution is 5.97. The van der Waals surface area contributed by atoms with Gasteiger partial charge in [-0.05, 0) is 31.0 Å². The molecule has 2 aliphatic rings. The van der Waals surface area contributed by atoms with Crippen molar-refractivity contribution in [1.29, 1.82) is 0 Å². The van der Waals surface area contributed by atoms with Crippen molar-refractivity contribution in [3.8, 4) is 0 Å². The van der Waals surface area contributed by atoms with E-state index in [9.17, 15) is 9.59 Å². The quantitative estimate of drug-likeness (QED) is 0.867. The number of piperidine rings is 1. The molecule has 2 saturated heterocycles. The molecule has 2 fully saturated rings. The molecule has 1 aromatic heterocycles. The summed E-state index contributed by atoms with van der Waals surface area (Å²) < 4.78 is 1.88. The molecule has 3 heterocycles. The molecule has 2 aromatic rings. The molecule has 0 spiro atoms. The zero-order chi connectivity index (χ0) is 17.9. The third kappa shape index (κ3) is 3.22. The summed E-state index contributed by atoms with van der Waals surface area (Å²) in [5, 5.41) is 10.7. The Hall–Kier alpha value is -2.67. The van der Waals surface area contributed by atoms with Crippen LogP contribution in [-0.2, 0) is 4.79 Å². The van der Waals surface area contributed by atoms with E-state index >= 15 is 0 Å². The molecule has 2 unspecified atom stereocenters. The summed E-state index contributed by atoms with van der Waals surface area (Å²) in [6.07, 6.45) is 4.03. The summed E-state index contributed by atoms with van der Waals surface area (Å²) in [4.78, 5) is 27.2. The van der Waals surface area contributed by atoms with E-state index in [-0.39, 0.29) is 17.9 Å². The first-order valence-corrected chi connectivity index (χ1v) is 9.13. The minimum absolute atomic E-state index is 0.147. The van der Waals surface area contributed by atoms with Gasteiger partial charge in [0.1, 0.15) is 11.7 Å². The largest absolute Gasteiger partial charge is 0.352 e. The number of carbonyl (C=O) groups excluding carboxylic acids is 2. The second-order valence-corrected chi connectivity index (χ2v) is 6.78. The van der Waals surface area contributed by atoms with Crippen LogP contribution in [0.4, 0.5) is 0 Å². The van der Waals surface area contributed by atoms with Gasteiger partial charge < -0.3 is 15.5 Å². The topological polar surface area (TPSA) is 79.3 Å². The molecule has 2 N–H and O–H groups in total. The van der Waals surface area contributed by atoms with Crippen LogP contribution in [0.5, 0.6) is 0 Å². The Bertz CT molecular complexity index is 782. The smallest absolute Gasteiger partial charge is 0.275 e. The maximum absolute atomic E-state index is 13.1. The third-order valence-corrected chi connectivity index (χ3v) is 5.06.